The van der Waals surface area contributed by atoms with Crippen LogP contribution < -0.4 is 10.2 Å². The van der Waals surface area contributed by atoms with E-state index in [-0.39, 0.29) is 0 Å². The van der Waals surface area contributed by atoms with Gasteiger partial charge in [0.15, 0.2) is 0 Å². The molecule has 2 aliphatic rings. The summed E-state index contributed by atoms with van der Waals surface area (Å²) < 4.78 is 38.0. The van der Waals surface area contributed by atoms with E-state index < -0.39 is 11.7 Å². The number of nitrogens with one attached hydrogen (secondary N) is 1. The minimum atomic E-state index is -4.26. The summed E-state index contributed by atoms with van der Waals surface area (Å²) in [6.07, 6.45) is -2.15. The van der Waals surface area contributed by atoms with Crippen LogP contribution in [0.25, 0.3) is 0 Å². The van der Waals surface area contributed by atoms with Crippen LogP contribution in [0.15, 0.2) is 18.2 Å². The summed E-state index contributed by atoms with van der Waals surface area (Å²) in [5.74, 6) is 0. The van der Waals surface area contributed by atoms with Crippen LogP contribution in [0.2, 0.25) is 0 Å². The van der Waals surface area contributed by atoms with Gasteiger partial charge in [-0.1, -0.05) is 0 Å². The maximum absolute atomic E-state index is 12.7. The molecule has 1 N–H and O–H groups in total. The molecule has 0 aromatic heterocycles. The van der Waals surface area contributed by atoms with E-state index in [9.17, 15) is 13.2 Å². The van der Waals surface area contributed by atoms with Gasteiger partial charge in [0.05, 0.1) is 16.9 Å². The zero-order valence-corrected chi connectivity index (χ0v) is 9.22. The van der Waals surface area contributed by atoms with E-state index in [4.69, 9.17) is 0 Å². The minimum Gasteiger partial charge on any atom is -0.381 e. The Balaban J connectivity index is 2.04. The van der Waals surface area contributed by atoms with Crippen molar-refractivity contribution >= 4 is 11.4 Å². The lowest BCUT2D eigenvalue weighted by atomic mass is 10.1. The molecule has 0 bridgehead atoms. The Morgan fingerprint density at radius 3 is 2.88 bits per heavy atom. The highest BCUT2D eigenvalue weighted by Crippen LogP contribution is 2.40. The second-order valence-electron chi connectivity index (χ2n) is 4.60. The summed E-state index contributed by atoms with van der Waals surface area (Å²) in [4.78, 5) is 2.10. The van der Waals surface area contributed by atoms with Gasteiger partial charge in [-0.25, -0.2) is 0 Å². The fraction of sp³-hybridized carbons (Fsp3) is 0.500. The zero-order chi connectivity index (χ0) is 12.0. The number of rotatable bonds is 0. The van der Waals surface area contributed by atoms with Crippen molar-refractivity contribution < 1.29 is 13.2 Å². The molecule has 1 atom stereocenters. The molecule has 0 unspecified atom stereocenters. The van der Waals surface area contributed by atoms with Gasteiger partial charge in [-0.3, -0.25) is 0 Å². The number of nitrogens with zero attached hydrogens (tertiary/aromatic N) is 1. The zero-order valence-electron chi connectivity index (χ0n) is 9.22. The first-order valence-electron chi connectivity index (χ1n) is 5.77. The smallest absolute Gasteiger partial charge is 0.381 e. The summed E-state index contributed by atoms with van der Waals surface area (Å²) in [5.41, 5.74) is 0.954. The predicted molar refractivity (Wildman–Crippen MR) is 60.3 cm³/mol. The van der Waals surface area contributed by atoms with Gasteiger partial charge in [0, 0.05) is 19.1 Å². The normalized spacial score (nSPS) is 23.0. The second-order valence-corrected chi connectivity index (χ2v) is 4.60. The van der Waals surface area contributed by atoms with Crippen LogP contribution in [0, 0.1) is 0 Å². The van der Waals surface area contributed by atoms with E-state index >= 15 is 0 Å². The molecular weight excluding hydrogens is 229 g/mol. The molecule has 0 saturated carbocycles. The Morgan fingerprint density at radius 2 is 2.12 bits per heavy atom. The maximum Gasteiger partial charge on any atom is 0.416 e. The number of anilines is 2. The Bertz CT molecular complexity index is 442. The number of hydrogen-bond acceptors (Lipinski definition) is 2. The Morgan fingerprint density at radius 1 is 1.29 bits per heavy atom. The lowest BCUT2D eigenvalue weighted by Gasteiger charge is -2.34. The monoisotopic (exact) mass is 242 g/mol. The van der Waals surface area contributed by atoms with E-state index in [0.29, 0.717) is 11.7 Å². The van der Waals surface area contributed by atoms with Crippen LogP contribution in [0.4, 0.5) is 24.5 Å². The van der Waals surface area contributed by atoms with Gasteiger partial charge in [-0.2, -0.15) is 13.2 Å². The lowest BCUT2D eigenvalue weighted by Crippen LogP contribution is -2.39. The highest BCUT2D eigenvalue weighted by Gasteiger charge is 2.35. The van der Waals surface area contributed by atoms with Crippen molar-refractivity contribution in [2.75, 3.05) is 23.3 Å². The molecular formula is C12H13F3N2. The minimum absolute atomic E-state index is 0.353. The Hall–Kier alpha value is -1.39. The van der Waals surface area contributed by atoms with Crippen LogP contribution >= 0.6 is 0 Å². The number of hydrogen-bond donors (Lipinski definition) is 1. The SMILES string of the molecule is FC(F)(F)c1ccc2c(c1)N1CCC[C@@H]1CN2. The molecule has 5 heteroatoms. The van der Waals surface area contributed by atoms with Gasteiger partial charge in [-0.05, 0) is 31.0 Å². The molecule has 3 rings (SSSR count). The average Bonchev–Trinajstić information content (AvgIpc) is 2.75. The fourth-order valence-corrected chi connectivity index (χ4v) is 2.69. The summed E-state index contributed by atoms with van der Waals surface area (Å²) in [6.45, 7) is 1.69. The first kappa shape index (κ1) is 10.7. The molecule has 2 aliphatic heterocycles. The van der Waals surface area contributed by atoms with Gasteiger partial charge in [-0.15, -0.1) is 0 Å². The van der Waals surface area contributed by atoms with E-state index in [2.05, 4.69) is 10.2 Å². The lowest BCUT2D eigenvalue weighted by molar-refractivity contribution is -0.137. The second kappa shape index (κ2) is 3.55. The molecule has 2 heterocycles. The third-order valence-corrected chi connectivity index (χ3v) is 3.54. The van der Waals surface area contributed by atoms with Crippen LogP contribution in [0.5, 0.6) is 0 Å². The number of alkyl halides is 3. The number of halogens is 3. The number of fused-ring (bicyclic) bond motifs is 3. The molecule has 1 saturated heterocycles. The highest BCUT2D eigenvalue weighted by atomic mass is 19.4. The van der Waals surface area contributed by atoms with Gasteiger partial charge < -0.3 is 10.2 Å². The van der Waals surface area contributed by atoms with E-state index in [1.165, 1.54) is 12.1 Å². The van der Waals surface area contributed by atoms with Crippen molar-refractivity contribution in [2.24, 2.45) is 0 Å². The molecule has 0 amide bonds. The van der Waals surface area contributed by atoms with E-state index in [0.717, 1.165) is 37.7 Å². The quantitative estimate of drug-likeness (QED) is 0.752. The number of benzene rings is 1. The van der Waals surface area contributed by atoms with Crippen molar-refractivity contribution in [1.29, 1.82) is 0 Å². The molecule has 1 aromatic rings. The maximum atomic E-state index is 12.7. The summed E-state index contributed by atoms with van der Waals surface area (Å²) in [6, 6.07) is 4.29. The van der Waals surface area contributed by atoms with Crippen molar-refractivity contribution in [2.45, 2.75) is 25.1 Å². The molecule has 0 aliphatic carbocycles. The largest absolute Gasteiger partial charge is 0.416 e. The van der Waals surface area contributed by atoms with Crippen LogP contribution in [0.1, 0.15) is 18.4 Å². The molecule has 17 heavy (non-hydrogen) atoms. The average molecular weight is 242 g/mol. The summed E-state index contributed by atoms with van der Waals surface area (Å²) in [5, 5.41) is 3.20. The summed E-state index contributed by atoms with van der Waals surface area (Å²) >= 11 is 0. The first-order chi connectivity index (χ1) is 8.05. The van der Waals surface area contributed by atoms with Gasteiger partial charge in [0.25, 0.3) is 0 Å². The van der Waals surface area contributed by atoms with Crippen molar-refractivity contribution in [3.05, 3.63) is 23.8 Å². The molecule has 1 aromatic carbocycles. The molecule has 2 nitrogen and oxygen atoms in total. The standard InChI is InChI=1S/C12H13F3N2/c13-12(14,15)8-3-4-10-11(6-8)17-5-1-2-9(17)7-16-10/h3-4,6,9,16H,1-2,5,7H2/t9-/m1/s1. The third-order valence-electron chi connectivity index (χ3n) is 3.54. The third kappa shape index (κ3) is 1.73. The van der Waals surface area contributed by atoms with Crippen molar-refractivity contribution in [3.63, 3.8) is 0 Å². The Kier molecular flexibility index (Phi) is 2.24. The van der Waals surface area contributed by atoms with Crippen molar-refractivity contribution in [3.8, 4) is 0 Å². The van der Waals surface area contributed by atoms with Gasteiger partial charge in [0.1, 0.15) is 0 Å². The summed E-state index contributed by atoms with van der Waals surface area (Å²) in [7, 11) is 0. The van der Waals surface area contributed by atoms with Crippen LogP contribution in [-0.2, 0) is 6.18 Å². The van der Waals surface area contributed by atoms with E-state index in [1.54, 1.807) is 0 Å². The molecule has 0 radical (unpaired) electrons. The van der Waals surface area contributed by atoms with Gasteiger partial charge in [0.2, 0.25) is 0 Å². The Labute approximate surface area is 97.4 Å². The highest BCUT2D eigenvalue weighted by molar-refractivity contribution is 5.74. The topological polar surface area (TPSA) is 15.3 Å². The molecule has 1 fully saturated rings. The fourth-order valence-electron chi connectivity index (χ4n) is 2.69. The molecule has 92 valence electrons. The predicted octanol–water partition coefficient (Wildman–Crippen LogP) is 3.10. The molecule has 0 spiro atoms. The van der Waals surface area contributed by atoms with Gasteiger partial charge >= 0.3 is 6.18 Å². The van der Waals surface area contributed by atoms with Crippen LogP contribution in [0.3, 0.4) is 0 Å². The van der Waals surface area contributed by atoms with Crippen molar-refractivity contribution in [1.82, 2.24) is 0 Å². The van der Waals surface area contributed by atoms with Crippen LogP contribution in [-0.4, -0.2) is 19.1 Å². The first-order valence-corrected chi connectivity index (χ1v) is 5.77. The van der Waals surface area contributed by atoms with E-state index in [1.807, 2.05) is 0 Å².